The molecule has 1 aromatic heterocycles. The highest BCUT2D eigenvalue weighted by Crippen LogP contribution is 2.26. The first-order valence-electron chi connectivity index (χ1n) is 9.71. The molecule has 0 saturated heterocycles. The molecule has 5 heteroatoms. The minimum Gasteiger partial charge on any atom is -0.348 e. The van der Waals surface area contributed by atoms with E-state index >= 15 is 0 Å². The van der Waals surface area contributed by atoms with Crippen molar-refractivity contribution in [2.75, 3.05) is 0 Å². The van der Waals surface area contributed by atoms with E-state index < -0.39 is 6.04 Å². The van der Waals surface area contributed by atoms with Gasteiger partial charge in [0.2, 0.25) is 5.91 Å². The van der Waals surface area contributed by atoms with Crippen LogP contribution in [0.5, 0.6) is 0 Å². The molecule has 0 spiro atoms. The number of thiophene rings is 1. The Bertz CT molecular complexity index is 967. The minimum atomic E-state index is -0.660. The van der Waals surface area contributed by atoms with Crippen molar-refractivity contribution in [3.05, 3.63) is 93.2 Å². The molecule has 2 atom stereocenters. The maximum atomic E-state index is 13.1. The summed E-state index contributed by atoms with van der Waals surface area (Å²) in [6.45, 7) is 6.10. The normalized spacial score (nSPS) is 12.8. The fourth-order valence-electron chi connectivity index (χ4n) is 3.36. The molecule has 0 radical (unpaired) electrons. The molecular weight excluding hydrogens is 380 g/mol. The van der Waals surface area contributed by atoms with Crippen molar-refractivity contribution in [3.8, 4) is 0 Å². The summed E-state index contributed by atoms with van der Waals surface area (Å²) in [6, 6.07) is 20.0. The van der Waals surface area contributed by atoms with Crippen LogP contribution >= 0.6 is 11.3 Å². The van der Waals surface area contributed by atoms with E-state index in [1.54, 1.807) is 23.5 Å². The number of amides is 2. The van der Waals surface area contributed by atoms with E-state index in [1.165, 1.54) is 9.75 Å². The van der Waals surface area contributed by atoms with Gasteiger partial charge in [0, 0.05) is 21.7 Å². The summed E-state index contributed by atoms with van der Waals surface area (Å²) in [5.41, 5.74) is 2.65. The zero-order valence-corrected chi connectivity index (χ0v) is 17.8. The lowest BCUT2D eigenvalue weighted by molar-refractivity contribution is -0.123. The van der Waals surface area contributed by atoms with Crippen LogP contribution in [-0.4, -0.2) is 17.9 Å². The molecule has 150 valence electrons. The van der Waals surface area contributed by atoms with Gasteiger partial charge in [0.1, 0.15) is 6.04 Å². The maximum absolute atomic E-state index is 13.1. The predicted octanol–water partition coefficient (Wildman–Crippen LogP) is 4.58. The van der Waals surface area contributed by atoms with E-state index in [2.05, 4.69) is 30.5 Å². The Morgan fingerprint density at radius 3 is 2.14 bits per heavy atom. The number of aryl methyl sites for hydroxylation is 2. The van der Waals surface area contributed by atoms with Crippen molar-refractivity contribution in [2.45, 2.75) is 39.3 Å². The molecule has 0 aliphatic rings. The highest BCUT2D eigenvalue weighted by atomic mass is 32.1. The molecule has 2 aromatic carbocycles. The highest BCUT2D eigenvalue weighted by Gasteiger charge is 2.24. The lowest BCUT2D eigenvalue weighted by Crippen LogP contribution is -2.48. The fourth-order valence-corrected chi connectivity index (χ4v) is 4.38. The van der Waals surface area contributed by atoms with Crippen molar-refractivity contribution >= 4 is 23.2 Å². The molecule has 2 N–H and O–H groups in total. The van der Waals surface area contributed by atoms with Crippen LogP contribution in [-0.2, 0) is 11.2 Å². The molecule has 1 heterocycles. The fraction of sp³-hybridized carbons (Fsp3) is 0.250. The first-order chi connectivity index (χ1) is 13.9. The molecule has 29 heavy (non-hydrogen) atoms. The highest BCUT2D eigenvalue weighted by molar-refractivity contribution is 7.12. The Morgan fingerprint density at radius 2 is 1.55 bits per heavy atom. The molecule has 3 rings (SSSR count). The Labute approximate surface area is 176 Å². The topological polar surface area (TPSA) is 58.2 Å². The lowest BCUT2D eigenvalue weighted by Gasteiger charge is -2.22. The molecule has 0 aliphatic heterocycles. The second-order valence-electron chi connectivity index (χ2n) is 7.18. The van der Waals surface area contributed by atoms with Gasteiger partial charge in [-0.25, -0.2) is 0 Å². The number of nitrogens with one attached hydrogen (secondary N) is 2. The van der Waals surface area contributed by atoms with Crippen LogP contribution in [0.25, 0.3) is 0 Å². The number of rotatable bonds is 7. The summed E-state index contributed by atoms with van der Waals surface area (Å²) in [7, 11) is 0. The van der Waals surface area contributed by atoms with Gasteiger partial charge in [-0.05, 0) is 50.1 Å². The van der Waals surface area contributed by atoms with Crippen molar-refractivity contribution in [2.24, 2.45) is 0 Å². The first-order valence-corrected chi connectivity index (χ1v) is 10.5. The van der Waals surface area contributed by atoms with E-state index in [-0.39, 0.29) is 17.9 Å². The summed E-state index contributed by atoms with van der Waals surface area (Å²) in [4.78, 5) is 28.2. The molecule has 2 unspecified atom stereocenters. The second-order valence-corrected chi connectivity index (χ2v) is 8.64. The van der Waals surface area contributed by atoms with Crippen molar-refractivity contribution in [3.63, 3.8) is 0 Å². The smallest absolute Gasteiger partial charge is 0.251 e. The molecule has 3 aromatic rings. The third kappa shape index (κ3) is 5.55. The second kappa shape index (κ2) is 9.52. The SMILES string of the molecule is Cc1cc(C(C)NC(=O)C(Cc2ccccc2)NC(=O)c2ccccc2)c(C)s1. The van der Waals surface area contributed by atoms with Gasteiger partial charge in [0.05, 0.1) is 6.04 Å². The molecule has 0 bridgehead atoms. The summed E-state index contributed by atoms with van der Waals surface area (Å²) < 4.78 is 0. The van der Waals surface area contributed by atoms with Crippen LogP contribution < -0.4 is 10.6 Å². The summed E-state index contributed by atoms with van der Waals surface area (Å²) in [6.07, 6.45) is 0.430. The van der Waals surface area contributed by atoms with Gasteiger partial charge in [-0.15, -0.1) is 11.3 Å². The van der Waals surface area contributed by atoms with Crippen LogP contribution in [0.1, 0.15) is 44.2 Å². The molecule has 2 amide bonds. The van der Waals surface area contributed by atoms with Gasteiger partial charge < -0.3 is 10.6 Å². The number of carbonyl (C=O) groups is 2. The van der Waals surface area contributed by atoms with Gasteiger partial charge in [-0.3, -0.25) is 9.59 Å². The van der Waals surface area contributed by atoms with Crippen LogP contribution in [0.2, 0.25) is 0 Å². The third-order valence-corrected chi connectivity index (χ3v) is 5.83. The number of benzene rings is 2. The van der Waals surface area contributed by atoms with Gasteiger partial charge in [0.15, 0.2) is 0 Å². The molecule has 0 saturated carbocycles. The van der Waals surface area contributed by atoms with Gasteiger partial charge in [-0.1, -0.05) is 48.5 Å². The molecule has 0 aliphatic carbocycles. The monoisotopic (exact) mass is 406 g/mol. The van der Waals surface area contributed by atoms with Crippen molar-refractivity contribution in [1.29, 1.82) is 0 Å². The third-order valence-electron chi connectivity index (χ3n) is 4.85. The van der Waals surface area contributed by atoms with Crippen LogP contribution in [0.4, 0.5) is 0 Å². The zero-order chi connectivity index (χ0) is 20.8. The Kier molecular flexibility index (Phi) is 6.83. The largest absolute Gasteiger partial charge is 0.348 e. The van der Waals surface area contributed by atoms with E-state index in [0.29, 0.717) is 12.0 Å². The van der Waals surface area contributed by atoms with Crippen LogP contribution in [0.15, 0.2) is 66.7 Å². The van der Waals surface area contributed by atoms with Crippen LogP contribution in [0.3, 0.4) is 0 Å². The average molecular weight is 407 g/mol. The number of hydrogen-bond acceptors (Lipinski definition) is 3. The number of hydrogen-bond donors (Lipinski definition) is 2. The number of carbonyl (C=O) groups excluding carboxylic acids is 2. The van der Waals surface area contributed by atoms with E-state index in [9.17, 15) is 9.59 Å². The molecule has 0 fully saturated rings. The lowest BCUT2D eigenvalue weighted by atomic mass is 10.0. The van der Waals surface area contributed by atoms with Crippen LogP contribution in [0, 0.1) is 13.8 Å². The summed E-state index contributed by atoms with van der Waals surface area (Å²) >= 11 is 1.72. The molecular formula is C24H26N2O2S. The van der Waals surface area contributed by atoms with Gasteiger partial charge >= 0.3 is 0 Å². The Morgan fingerprint density at radius 1 is 0.931 bits per heavy atom. The zero-order valence-electron chi connectivity index (χ0n) is 16.9. The van der Waals surface area contributed by atoms with E-state index in [0.717, 1.165) is 11.1 Å². The van der Waals surface area contributed by atoms with Crippen molar-refractivity contribution < 1.29 is 9.59 Å². The summed E-state index contributed by atoms with van der Waals surface area (Å²) in [5.74, 6) is -0.439. The first kappa shape index (κ1) is 20.8. The van der Waals surface area contributed by atoms with E-state index in [4.69, 9.17) is 0 Å². The molecule has 4 nitrogen and oxygen atoms in total. The predicted molar refractivity (Wildman–Crippen MR) is 118 cm³/mol. The Hall–Kier alpha value is -2.92. The minimum absolute atomic E-state index is 0.126. The van der Waals surface area contributed by atoms with Crippen molar-refractivity contribution in [1.82, 2.24) is 10.6 Å². The summed E-state index contributed by atoms with van der Waals surface area (Å²) in [5, 5.41) is 5.99. The van der Waals surface area contributed by atoms with Gasteiger partial charge in [0.25, 0.3) is 5.91 Å². The average Bonchev–Trinajstić information content (AvgIpc) is 3.07. The standard InChI is InChI=1S/C24H26N2O2S/c1-16-14-21(18(3)29-16)17(2)25-24(28)22(15-19-10-6-4-7-11-19)26-23(27)20-12-8-5-9-13-20/h4-14,17,22H,15H2,1-3H3,(H,25,28)(H,26,27). The maximum Gasteiger partial charge on any atom is 0.251 e. The van der Waals surface area contributed by atoms with Gasteiger partial charge in [-0.2, -0.15) is 0 Å². The quantitative estimate of drug-likeness (QED) is 0.603. The Balaban J connectivity index is 1.76. The van der Waals surface area contributed by atoms with E-state index in [1.807, 2.05) is 55.5 Å².